The van der Waals surface area contributed by atoms with Gasteiger partial charge in [0.05, 0.1) is 5.56 Å². The molecule has 6 heteroatoms. The maximum Gasteiger partial charge on any atom is 0.455 e. The molecule has 104 valence electrons. The normalized spacial score (nSPS) is 11.4. The number of ketones is 1. The first-order chi connectivity index (χ1) is 9.32. The van der Waals surface area contributed by atoms with Gasteiger partial charge in [0.2, 0.25) is 0 Å². The van der Waals surface area contributed by atoms with E-state index in [4.69, 9.17) is 0 Å². The molecular weight excluding hydrogens is 279 g/mol. The van der Waals surface area contributed by atoms with Crippen LogP contribution in [0.3, 0.4) is 0 Å². The quantitative estimate of drug-likeness (QED) is 0.591. The molecule has 0 atom stereocenters. The van der Waals surface area contributed by atoms with Gasteiger partial charge in [-0.05, 0) is 17.7 Å². The van der Waals surface area contributed by atoms with Crippen LogP contribution in [0.2, 0.25) is 0 Å². The lowest BCUT2D eigenvalue weighted by atomic mass is 9.99. The summed E-state index contributed by atoms with van der Waals surface area (Å²) in [7, 11) is 0. The van der Waals surface area contributed by atoms with E-state index in [2.05, 4.69) is 0 Å². The van der Waals surface area contributed by atoms with Crippen LogP contribution in [-0.4, -0.2) is 12.0 Å². The number of carbonyl (C=O) groups is 1. The Labute approximate surface area is 110 Å². The highest BCUT2D eigenvalue weighted by molar-refractivity contribution is 6.01. The van der Waals surface area contributed by atoms with Gasteiger partial charge >= 0.3 is 6.18 Å². The maximum atomic E-state index is 14.0. The number of carbonyl (C=O) groups excluding carboxylic acids is 1. The van der Waals surface area contributed by atoms with E-state index in [1.807, 2.05) is 0 Å². The summed E-state index contributed by atoms with van der Waals surface area (Å²) in [5, 5.41) is 0. The predicted octanol–water partition coefficient (Wildman–Crippen LogP) is 4.38. The summed E-state index contributed by atoms with van der Waals surface area (Å²) in [4.78, 5) is 11.1. The van der Waals surface area contributed by atoms with Crippen LogP contribution in [-0.2, 0) is 0 Å². The Balaban J connectivity index is 2.63. The van der Waals surface area contributed by atoms with E-state index in [1.165, 1.54) is 12.1 Å². The minimum Gasteiger partial charge on any atom is -0.284 e. The zero-order valence-corrected chi connectivity index (χ0v) is 9.84. The second-order valence-corrected chi connectivity index (χ2v) is 3.98. The maximum absolute atomic E-state index is 14.0. The molecule has 0 saturated carbocycles. The summed E-state index contributed by atoms with van der Waals surface area (Å²) in [6, 6.07) is 9.24. The van der Waals surface area contributed by atoms with Crippen LogP contribution in [0.5, 0.6) is 0 Å². The Hall–Kier alpha value is -2.24. The predicted molar refractivity (Wildman–Crippen MR) is 62.2 cm³/mol. The van der Waals surface area contributed by atoms with Crippen molar-refractivity contribution in [1.29, 1.82) is 0 Å². The van der Waals surface area contributed by atoms with Crippen molar-refractivity contribution in [2.24, 2.45) is 0 Å². The van der Waals surface area contributed by atoms with E-state index in [9.17, 15) is 26.7 Å². The lowest BCUT2D eigenvalue weighted by Crippen LogP contribution is -2.25. The number of hydrogen-bond acceptors (Lipinski definition) is 1. The van der Waals surface area contributed by atoms with E-state index < -0.39 is 29.2 Å². The lowest BCUT2D eigenvalue weighted by Gasteiger charge is -2.10. The highest BCUT2D eigenvalue weighted by Crippen LogP contribution is 2.30. The van der Waals surface area contributed by atoms with E-state index in [0.29, 0.717) is 6.07 Å². The molecule has 0 fully saturated rings. The van der Waals surface area contributed by atoms with Gasteiger partial charge in [-0.2, -0.15) is 13.2 Å². The first-order valence-corrected chi connectivity index (χ1v) is 5.47. The summed E-state index contributed by atoms with van der Waals surface area (Å²) in [6.07, 6.45) is -5.34. The molecule has 0 aliphatic carbocycles. The molecule has 0 aliphatic heterocycles. The fraction of sp³-hybridized carbons (Fsp3) is 0.0714. The molecule has 0 radical (unpaired) electrons. The highest BCUT2D eigenvalue weighted by atomic mass is 19.4. The van der Waals surface area contributed by atoms with Crippen molar-refractivity contribution in [3.8, 4) is 11.1 Å². The molecule has 0 amide bonds. The topological polar surface area (TPSA) is 17.1 Å². The molecule has 20 heavy (non-hydrogen) atoms. The minimum atomic E-state index is -5.34. The average molecular weight is 286 g/mol. The number of benzene rings is 2. The first kappa shape index (κ1) is 14.2. The molecule has 1 nitrogen and oxygen atoms in total. The van der Waals surface area contributed by atoms with Gasteiger partial charge in [0.1, 0.15) is 11.6 Å². The Bertz CT molecular complexity index is 647. The van der Waals surface area contributed by atoms with Crippen molar-refractivity contribution in [3.63, 3.8) is 0 Å². The molecule has 2 rings (SSSR count). The molecule has 0 bridgehead atoms. The van der Waals surface area contributed by atoms with Gasteiger partial charge in [-0.3, -0.25) is 4.79 Å². The van der Waals surface area contributed by atoms with Gasteiger partial charge in [-0.25, -0.2) is 8.78 Å². The third kappa shape index (κ3) is 2.54. The van der Waals surface area contributed by atoms with Gasteiger partial charge in [0, 0.05) is 5.56 Å². The van der Waals surface area contributed by atoms with Crippen molar-refractivity contribution in [3.05, 3.63) is 59.7 Å². The Morgan fingerprint density at radius 2 is 1.50 bits per heavy atom. The van der Waals surface area contributed by atoms with Crippen LogP contribution in [0.25, 0.3) is 11.1 Å². The Kier molecular flexibility index (Phi) is 3.57. The van der Waals surface area contributed by atoms with Crippen molar-refractivity contribution < 1.29 is 26.7 Å². The van der Waals surface area contributed by atoms with E-state index >= 15 is 0 Å². The average Bonchev–Trinajstić information content (AvgIpc) is 2.38. The van der Waals surface area contributed by atoms with E-state index in [1.54, 1.807) is 18.2 Å². The number of rotatable bonds is 2. The Morgan fingerprint density at radius 1 is 0.900 bits per heavy atom. The first-order valence-electron chi connectivity index (χ1n) is 5.47. The van der Waals surface area contributed by atoms with Crippen molar-refractivity contribution in [1.82, 2.24) is 0 Å². The molecule has 0 spiro atoms. The van der Waals surface area contributed by atoms with Crippen LogP contribution in [0.4, 0.5) is 22.0 Å². The molecule has 0 heterocycles. The van der Waals surface area contributed by atoms with E-state index in [0.717, 1.165) is 6.07 Å². The summed E-state index contributed by atoms with van der Waals surface area (Å²) in [5.74, 6) is -5.59. The smallest absolute Gasteiger partial charge is 0.284 e. The fourth-order valence-electron chi connectivity index (χ4n) is 1.74. The van der Waals surface area contributed by atoms with Crippen LogP contribution in [0.1, 0.15) is 10.4 Å². The van der Waals surface area contributed by atoms with Gasteiger partial charge in [-0.15, -0.1) is 0 Å². The van der Waals surface area contributed by atoms with Gasteiger partial charge in [-0.1, -0.05) is 30.3 Å². The minimum absolute atomic E-state index is 0.251. The second kappa shape index (κ2) is 5.03. The SMILES string of the molecule is O=C(c1c(F)ccc(-c2ccccc2)c1F)C(F)(F)F. The zero-order valence-electron chi connectivity index (χ0n) is 9.84. The molecular formula is C14H7F5O. The second-order valence-electron chi connectivity index (χ2n) is 3.98. The summed E-state index contributed by atoms with van der Waals surface area (Å²) >= 11 is 0. The largest absolute Gasteiger partial charge is 0.455 e. The zero-order chi connectivity index (χ0) is 14.9. The van der Waals surface area contributed by atoms with Crippen LogP contribution >= 0.6 is 0 Å². The van der Waals surface area contributed by atoms with Gasteiger partial charge in [0.15, 0.2) is 0 Å². The molecule has 2 aromatic rings. The number of Topliss-reactive ketones (excluding diaryl/α,β-unsaturated/α-hetero) is 1. The summed E-state index contributed by atoms with van der Waals surface area (Å²) in [6.45, 7) is 0. The van der Waals surface area contributed by atoms with Crippen LogP contribution in [0, 0.1) is 11.6 Å². The molecule has 0 N–H and O–H groups in total. The fourth-order valence-corrected chi connectivity index (χ4v) is 1.74. The number of hydrogen-bond donors (Lipinski definition) is 0. The van der Waals surface area contributed by atoms with Crippen molar-refractivity contribution in [2.75, 3.05) is 0 Å². The third-order valence-corrected chi connectivity index (χ3v) is 2.66. The third-order valence-electron chi connectivity index (χ3n) is 2.66. The Morgan fingerprint density at radius 3 is 2.05 bits per heavy atom. The van der Waals surface area contributed by atoms with Crippen molar-refractivity contribution in [2.45, 2.75) is 6.18 Å². The summed E-state index contributed by atoms with van der Waals surface area (Å²) < 4.78 is 64.4. The lowest BCUT2D eigenvalue weighted by molar-refractivity contribution is -0.0890. The molecule has 0 aliphatic rings. The highest BCUT2D eigenvalue weighted by Gasteiger charge is 2.42. The monoisotopic (exact) mass is 286 g/mol. The molecule has 0 aromatic heterocycles. The van der Waals surface area contributed by atoms with Crippen LogP contribution < -0.4 is 0 Å². The van der Waals surface area contributed by atoms with Crippen molar-refractivity contribution >= 4 is 5.78 Å². The van der Waals surface area contributed by atoms with Gasteiger partial charge in [0.25, 0.3) is 5.78 Å². The molecule has 2 aromatic carbocycles. The van der Waals surface area contributed by atoms with Crippen LogP contribution in [0.15, 0.2) is 42.5 Å². The number of alkyl halides is 3. The standard InChI is InChI=1S/C14H7F5O/c15-10-7-6-9(8-4-2-1-3-5-8)12(16)11(10)13(20)14(17,18)19/h1-7H. The van der Waals surface area contributed by atoms with Gasteiger partial charge < -0.3 is 0 Å². The number of halogens is 5. The molecule has 0 saturated heterocycles. The molecule has 0 unspecified atom stereocenters. The summed E-state index contributed by atoms with van der Waals surface area (Å²) in [5.41, 5.74) is -1.60. The van der Waals surface area contributed by atoms with E-state index in [-0.39, 0.29) is 11.1 Å².